The van der Waals surface area contributed by atoms with Crippen LogP contribution < -0.4 is 11.1 Å². The maximum Gasteiger partial charge on any atom is 0.327 e. The second-order valence-corrected chi connectivity index (χ2v) is 4.26. The van der Waals surface area contributed by atoms with Crippen LogP contribution in [0.5, 0.6) is 0 Å². The van der Waals surface area contributed by atoms with Crippen LogP contribution in [0.15, 0.2) is 0 Å². The Kier molecular flexibility index (Phi) is 8.67. The predicted molar refractivity (Wildman–Crippen MR) is 69.7 cm³/mol. The van der Waals surface area contributed by atoms with Gasteiger partial charge in [-0.3, -0.25) is 4.79 Å². The zero-order chi connectivity index (χ0) is 14.0. The van der Waals surface area contributed by atoms with Crippen molar-refractivity contribution in [3.8, 4) is 12.3 Å². The molecule has 0 aliphatic heterocycles. The van der Waals surface area contributed by atoms with Crippen LogP contribution in [0.25, 0.3) is 0 Å². The minimum Gasteiger partial charge on any atom is -0.480 e. The normalized spacial score (nSPS) is 13.4. The molecule has 0 aromatic heterocycles. The van der Waals surface area contributed by atoms with Gasteiger partial charge in [0.25, 0.3) is 0 Å². The minimum absolute atomic E-state index is 0.00107. The number of terminal acetylenes is 1. The van der Waals surface area contributed by atoms with E-state index < -0.39 is 12.0 Å². The number of hydrogen-bond donors (Lipinski definition) is 3. The summed E-state index contributed by atoms with van der Waals surface area (Å²) in [6.45, 7) is 2.66. The van der Waals surface area contributed by atoms with Crippen molar-refractivity contribution in [2.45, 2.75) is 45.1 Å². The molecule has 5 heteroatoms. The summed E-state index contributed by atoms with van der Waals surface area (Å²) in [4.78, 5) is 22.4. The highest BCUT2D eigenvalue weighted by Gasteiger charge is 2.19. The van der Waals surface area contributed by atoms with Crippen molar-refractivity contribution in [3.63, 3.8) is 0 Å². The second-order valence-electron chi connectivity index (χ2n) is 4.26. The summed E-state index contributed by atoms with van der Waals surface area (Å²) in [5, 5.41) is 11.3. The van der Waals surface area contributed by atoms with Crippen LogP contribution in [0.2, 0.25) is 0 Å². The largest absolute Gasteiger partial charge is 0.480 e. The number of nitrogens with one attached hydrogen (secondary N) is 1. The van der Waals surface area contributed by atoms with Gasteiger partial charge in [0.1, 0.15) is 6.04 Å². The Balaban J connectivity index is 4.09. The molecule has 102 valence electrons. The number of amides is 1. The zero-order valence-corrected chi connectivity index (χ0v) is 10.8. The van der Waals surface area contributed by atoms with Crippen molar-refractivity contribution in [3.05, 3.63) is 0 Å². The molecule has 0 saturated carbocycles. The molecule has 0 rings (SSSR count). The lowest BCUT2D eigenvalue weighted by Crippen LogP contribution is -2.40. The van der Waals surface area contributed by atoms with Crippen molar-refractivity contribution in [1.82, 2.24) is 5.32 Å². The van der Waals surface area contributed by atoms with Crippen LogP contribution >= 0.6 is 0 Å². The molecule has 0 radical (unpaired) electrons. The molecule has 0 heterocycles. The summed E-state index contributed by atoms with van der Waals surface area (Å²) in [7, 11) is 0. The predicted octanol–water partition coefficient (Wildman–Crippen LogP) is 0.734. The van der Waals surface area contributed by atoms with Gasteiger partial charge in [0.05, 0.1) is 0 Å². The van der Waals surface area contributed by atoms with Crippen molar-refractivity contribution in [1.29, 1.82) is 0 Å². The topological polar surface area (TPSA) is 92.4 Å². The molecule has 18 heavy (non-hydrogen) atoms. The molecule has 5 nitrogen and oxygen atoms in total. The van der Waals surface area contributed by atoms with Crippen LogP contribution in [0, 0.1) is 18.3 Å². The molecule has 2 atom stereocenters. The molecule has 0 aliphatic rings. The van der Waals surface area contributed by atoms with Crippen LogP contribution in [-0.4, -0.2) is 29.6 Å². The first-order chi connectivity index (χ1) is 8.54. The summed E-state index contributed by atoms with van der Waals surface area (Å²) in [6.07, 6.45) is 7.94. The van der Waals surface area contributed by atoms with Gasteiger partial charge < -0.3 is 16.2 Å². The van der Waals surface area contributed by atoms with Crippen molar-refractivity contribution in [2.75, 3.05) is 6.54 Å². The van der Waals surface area contributed by atoms with E-state index in [4.69, 9.17) is 17.3 Å². The zero-order valence-electron chi connectivity index (χ0n) is 10.8. The van der Waals surface area contributed by atoms with Gasteiger partial charge in [0.2, 0.25) is 5.91 Å². The molecule has 0 aromatic carbocycles. The van der Waals surface area contributed by atoms with E-state index in [-0.39, 0.29) is 12.3 Å². The maximum atomic E-state index is 11.6. The molecule has 0 fully saturated rings. The molecule has 0 saturated heterocycles. The van der Waals surface area contributed by atoms with Crippen molar-refractivity contribution in [2.24, 2.45) is 11.7 Å². The molecule has 0 bridgehead atoms. The third-order valence-electron chi connectivity index (χ3n) is 2.89. The van der Waals surface area contributed by atoms with E-state index in [1.54, 1.807) is 0 Å². The Morgan fingerprint density at radius 2 is 2.11 bits per heavy atom. The summed E-state index contributed by atoms with van der Waals surface area (Å²) in [5.74, 6) is 1.28. The molecule has 0 spiro atoms. The maximum absolute atomic E-state index is 11.6. The standard InChI is InChI=1S/C13H22N2O3/c1-3-5-11(13(17)18)15-12(16)7-6-10(4-2)8-9-14/h1,10-11H,4-9,14H2,2H3,(H,15,16)(H,17,18). The van der Waals surface area contributed by atoms with Gasteiger partial charge in [0.15, 0.2) is 0 Å². The molecule has 0 aliphatic carbocycles. The van der Waals surface area contributed by atoms with E-state index in [1.807, 2.05) is 0 Å². The van der Waals surface area contributed by atoms with Crippen LogP contribution in [-0.2, 0) is 9.59 Å². The second kappa shape index (κ2) is 9.49. The summed E-state index contributed by atoms with van der Waals surface area (Å²) < 4.78 is 0. The summed E-state index contributed by atoms with van der Waals surface area (Å²) in [5.41, 5.74) is 5.47. The van der Waals surface area contributed by atoms with E-state index >= 15 is 0 Å². The highest BCUT2D eigenvalue weighted by atomic mass is 16.4. The smallest absolute Gasteiger partial charge is 0.327 e. The van der Waals surface area contributed by atoms with Gasteiger partial charge in [-0.2, -0.15) is 0 Å². The average Bonchev–Trinajstić information content (AvgIpc) is 2.33. The molecule has 4 N–H and O–H groups in total. The Morgan fingerprint density at radius 3 is 2.56 bits per heavy atom. The minimum atomic E-state index is -1.10. The van der Waals surface area contributed by atoms with Crippen molar-refractivity contribution < 1.29 is 14.7 Å². The van der Waals surface area contributed by atoms with Gasteiger partial charge in [-0.05, 0) is 25.3 Å². The summed E-state index contributed by atoms with van der Waals surface area (Å²) >= 11 is 0. The van der Waals surface area contributed by atoms with E-state index in [1.165, 1.54) is 0 Å². The fourth-order valence-corrected chi connectivity index (χ4v) is 1.71. The van der Waals surface area contributed by atoms with E-state index in [9.17, 15) is 9.59 Å². The highest BCUT2D eigenvalue weighted by molar-refractivity contribution is 5.83. The van der Waals surface area contributed by atoms with Crippen LogP contribution in [0.3, 0.4) is 0 Å². The number of carboxylic acid groups (broad SMARTS) is 1. The first-order valence-electron chi connectivity index (χ1n) is 6.20. The summed E-state index contributed by atoms with van der Waals surface area (Å²) in [6, 6.07) is -0.989. The third-order valence-corrected chi connectivity index (χ3v) is 2.89. The first-order valence-corrected chi connectivity index (χ1v) is 6.20. The van der Waals surface area contributed by atoms with Gasteiger partial charge in [-0.1, -0.05) is 13.3 Å². The van der Waals surface area contributed by atoms with E-state index in [2.05, 4.69) is 18.2 Å². The molecular formula is C13H22N2O3. The number of aliphatic carboxylic acids is 1. The number of nitrogens with two attached hydrogens (primary N) is 1. The number of carboxylic acids is 1. The lowest BCUT2D eigenvalue weighted by Gasteiger charge is -2.15. The first kappa shape index (κ1) is 16.5. The Morgan fingerprint density at radius 1 is 1.44 bits per heavy atom. The van der Waals surface area contributed by atoms with E-state index in [0.29, 0.717) is 18.9 Å². The van der Waals surface area contributed by atoms with Gasteiger partial charge in [-0.15, -0.1) is 12.3 Å². The van der Waals surface area contributed by atoms with E-state index in [0.717, 1.165) is 19.3 Å². The molecular weight excluding hydrogens is 232 g/mol. The molecule has 0 aromatic rings. The average molecular weight is 254 g/mol. The van der Waals surface area contributed by atoms with Crippen LogP contribution in [0.1, 0.15) is 39.0 Å². The third kappa shape index (κ3) is 6.92. The lowest BCUT2D eigenvalue weighted by molar-refractivity contribution is -0.141. The number of carbonyl (C=O) groups excluding carboxylic acids is 1. The highest BCUT2D eigenvalue weighted by Crippen LogP contribution is 2.14. The number of rotatable bonds is 9. The fourth-order valence-electron chi connectivity index (χ4n) is 1.71. The molecule has 1 amide bonds. The van der Waals surface area contributed by atoms with Crippen molar-refractivity contribution >= 4 is 11.9 Å². The monoisotopic (exact) mass is 254 g/mol. The lowest BCUT2D eigenvalue weighted by atomic mass is 9.96. The Hall–Kier alpha value is -1.54. The fraction of sp³-hybridized carbons (Fsp3) is 0.692. The van der Waals surface area contributed by atoms with Crippen LogP contribution in [0.4, 0.5) is 0 Å². The van der Waals surface area contributed by atoms with Gasteiger partial charge in [0, 0.05) is 12.8 Å². The number of carbonyl (C=O) groups is 2. The number of hydrogen-bond acceptors (Lipinski definition) is 3. The SMILES string of the molecule is C#CCC(NC(=O)CCC(CC)CCN)C(=O)O. The Labute approximate surface area is 108 Å². The Bertz CT molecular complexity index is 310. The van der Waals surface area contributed by atoms with Gasteiger partial charge >= 0.3 is 5.97 Å². The van der Waals surface area contributed by atoms with Gasteiger partial charge in [-0.25, -0.2) is 4.79 Å². The molecule has 2 unspecified atom stereocenters. The quantitative estimate of drug-likeness (QED) is 0.529.